The molecule has 1 heterocycles. The number of esters is 1. The maximum atomic E-state index is 12.8. The summed E-state index contributed by atoms with van der Waals surface area (Å²) in [5, 5.41) is 6.81. The molecule has 3 aromatic rings. The van der Waals surface area contributed by atoms with Crippen LogP contribution in [0.1, 0.15) is 29.2 Å². The van der Waals surface area contributed by atoms with Gasteiger partial charge in [0.05, 0.1) is 0 Å². The number of anilines is 1. The van der Waals surface area contributed by atoms with Gasteiger partial charge < -0.3 is 10.1 Å². The van der Waals surface area contributed by atoms with E-state index in [2.05, 4.69) is 5.32 Å². The van der Waals surface area contributed by atoms with Gasteiger partial charge in [0, 0.05) is 17.7 Å². The van der Waals surface area contributed by atoms with Crippen molar-refractivity contribution in [1.82, 2.24) is 0 Å². The highest BCUT2D eigenvalue weighted by Gasteiger charge is 2.25. The van der Waals surface area contributed by atoms with Crippen LogP contribution in [0.25, 0.3) is 0 Å². The van der Waals surface area contributed by atoms with Crippen molar-refractivity contribution in [3.8, 4) is 0 Å². The molecule has 0 radical (unpaired) electrons. The SMILES string of the molecule is Cc1ccc(NC(=O)[C@H](OC(=O)CCc2ccsc2)c2ccccc2)cc1. The summed E-state index contributed by atoms with van der Waals surface area (Å²) in [5.41, 5.74) is 3.51. The van der Waals surface area contributed by atoms with Gasteiger partial charge in [-0.3, -0.25) is 9.59 Å². The first-order valence-corrected chi connectivity index (χ1v) is 9.69. The van der Waals surface area contributed by atoms with Crippen LogP contribution in [0.5, 0.6) is 0 Å². The van der Waals surface area contributed by atoms with Crippen molar-refractivity contribution in [3.05, 3.63) is 88.1 Å². The lowest BCUT2D eigenvalue weighted by Gasteiger charge is -2.18. The highest BCUT2D eigenvalue weighted by atomic mass is 32.1. The van der Waals surface area contributed by atoms with Crippen LogP contribution in [0.2, 0.25) is 0 Å². The van der Waals surface area contributed by atoms with Crippen molar-refractivity contribution in [2.45, 2.75) is 25.9 Å². The molecule has 1 N–H and O–H groups in total. The first-order valence-electron chi connectivity index (χ1n) is 8.75. The number of carbonyl (C=O) groups excluding carboxylic acids is 2. The highest BCUT2D eigenvalue weighted by molar-refractivity contribution is 7.07. The maximum absolute atomic E-state index is 12.8. The second-order valence-electron chi connectivity index (χ2n) is 6.27. The quantitative estimate of drug-likeness (QED) is 0.593. The van der Waals surface area contributed by atoms with Gasteiger partial charge in [-0.15, -0.1) is 0 Å². The van der Waals surface area contributed by atoms with Gasteiger partial charge in [-0.05, 0) is 47.9 Å². The Morgan fingerprint density at radius 1 is 1.04 bits per heavy atom. The number of nitrogens with one attached hydrogen (secondary N) is 1. The zero-order valence-corrected chi connectivity index (χ0v) is 15.9. The number of hydrogen-bond acceptors (Lipinski definition) is 4. The molecule has 0 aliphatic rings. The largest absolute Gasteiger partial charge is 0.447 e. The highest BCUT2D eigenvalue weighted by Crippen LogP contribution is 2.21. The Kier molecular flexibility index (Phi) is 6.39. The second kappa shape index (κ2) is 9.14. The molecule has 0 saturated heterocycles. The zero-order chi connectivity index (χ0) is 19.1. The van der Waals surface area contributed by atoms with Gasteiger partial charge in [0.1, 0.15) is 0 Å². The monoisotopic (exact) mass is 379 g/mol. The summed E-state index contributed by atoms with van der Waals surface area (Å²) >= 11 is 1.59. The van der Waals surface area contributed by atoms with Gasteiger partial charge in [0.15, 0.2) is 0 Å². The van der Waals surface area contributed by atoms with E-state index in [9.17, 15) is 9.59 Å². The van der Waals surface area contributed by atoms with Gasteiger partial charge in [-0.1, -0.05) is 48.0 Å². The lowest BCUT2D eigenvalue weighted by atomic mass is 10.1. The third-order valence-electron chi connectivity index (χ3n) is 4.11. The molecule has 27 heavy (non-hydrogen) atoms. The van der Waals surface area contributed by atoms with E-state index in [0.29, 0.717) is 17.7 Å². The summed E-state index contributed by atoms with van der Waals surface area (Å²) in [5.74, 6) is -0.761. The van der Waals surface area contributed by atoms with Gasteiger partial charge in [0.2, 0.25) is 6.10 Å². The van der Waals surface area contributed by atoms with E-state index in [-0.39, 0.29) is 12.3 Å². The van der Waals surface area contributed by atoms with E-state index in [1.807, 2.05) is 66.2 Å². The number of carbonyl (C=O) groups is 2. The zero-order valence-electron chi connectivity index (χ0n) is 15.1. The Morgan fingerprint density at radius 2 is 1.78 bits per heavy atom. The average Bonchev–Trinajstić information content (AvgIpc) is 3.20. The molecule has 2 aromatic carbocycles. The Hall–Kier alpha value is -2.92. The predicted molar refractivity (Wildman–Crippen MR) is 108 cm³/mol. The third kappa shape index (κ3) is 5.53. The van der Waals surface area contributed by atoms with E-state index >= 15 is 0 Å². The van der Waals surface area contributed by atoms with E-state index in [1.165, 1.54) is 0 Å². The van der Waals surface area contributed by atoms with E-state index < -0.39 is 12.1 Å². The molecule has 0 bridgehead atoms. The number of aryl methyl sites for hydroxylation is 2. The Bertz CT molecular complexity index is 874. The van der Waals surface area contributed by atoms with Gasteiger partial charge in [0.25, 0.3) is 5.91 Å². The molecule has 0 saturated carbocycles. The standard InChI is InChI=1S/C22H21NO3S/c1-16-7-10-19(11-8-16)23-22(25)21(18-5-3-2-4-6-18)26-20(24)12-9-17-13-14-27-15-17/h2-8,10-11,13-15,21H,9,12H2,1H3,(H,23,25)/t21-/m1/s1. The summed E-state index contributed by atoms with van der Waals surface area (Å²) in [7, 11) is 0. The number of thiophene rings is 1. The molecule has 5 heteroatoms. The molecular formula is C22H21NO3S. The van der Waals surface area contributed by atoms with Crippen LogP contribution in [-0.4, -0.2) is 11.9 Å². The smallest absolute Gasteiger partial charge is 0.307 e. The lowest BCUT2D eigenvalue weighted by molar-refractivity contribution is -0.154. The van der Waals surface area contributed by atoms with Gasteiger partial charge in [-0.2, -0.15) is 11.3 Å². The maximum Gasteiger partial charge on any atom is 0.307 e. The number of benzene rings is 2. The van der Waals surface area contributed by atoms with E-state index in [1.54, 1.807) is 23.5 Å². The Balaban J connectivity index is 1.69. The van der Waals surface area contributed by atoms with Crippen LogP contribution in [0.3, 0.4) is 0 Å². The second-order valence-corrected chi connectivity index (χ2v) is 7.05. The number of ether oxygens (including phenoxy) is 1. The third-order valence-corrected chi connectivity index (χ3v) is 4.84. The van der Waals surface area contributed by atoms with E-state index in [0.717, 1.165) is 11.1 Å². The van der Waals surface area contributed by atoms with Crippen molar-refractivity contribution in [2.75, 3.05) is 5.32 Å². The molecule has 0 unspecified atom stereocenters. The minimum Gasteiger partial charge on any atom is -0.447 e. The number of hydrogen-bond donors (Lipinski definition) is 1. The fourth-order valence-electron chi connectivity index (χ4n) is 2.62. The lowest BCUT2D eigenvalue weighted by Crippen LogP contribution is -2.26. The molecule has 4 nitrogen and oxygen atoms in total. The van der Waals surface area contributed by atoms with Crippen LogP contribution in [0.15, 0.2) is 71.4 Å². The topological polar surface area (TPSA) is 55.4 Å². The fourth-order valence-corrected chi connectivity index (χ4v) is 3.32. The van der Waals surface area contributed by atoms with Gasteiger partial charge in [-0.25, -0.2) is 0 Å². The summed E-state index contributed by atoms with van der Waals surface area (Å²) in [6, 6.07) is 18.5. The molecular weight excluding hydrogens is 358 g/mol. The van der Waals surface area contributed by atoms with Crippen molar-refractivity contribution >= 4 is 28.9 Å². The number of rotatable bonds is 7. The minimum absolute atomic E-state index is 0.234. The van der Waals surface area contributed by atoms with Crippen molar-refractivity contribution in [2.24, 2.45) is 0 Å². The first kappa shape index (κ1) is 18.9. The first-order chi connectivity index (χ1) is 13.1. The van der Waals surface area contributed by atoms with Crippen LogP contribution in [-0.2, 0) is 20.7 Å². The van der Waals surface area contributed by atoms with Crippen LogP contribution >= 0.6 is 11.3 Å². The summed E-state index contributed by atoms with van der Waals surface area (Å²) in [4.78, 5) is 25.1. The minimum atomic E-state index is -0.984. The van der Waals surface area contributed by atoms with Crippen LogP contribution in [0, 0.1) is 6.92 Å². The van der Waals surface area contributed by atoms with Gasteiger partial charge >= 0.3 is 5.97 Å². The molecule has 0 fully saturated rings. The average molecular weight is 379 g/mol. The fraction of sp³-hybridized carbons (Fsp3) is 0.182. The van der Waals surface area contributed by atoms with E-state index in [4.69, 9.17) is 4.74 Å². The molecule has 138 valence electrons. The molecule has 1 atom stereocenters. The van der Waals surface area contributed by atoms with Crippen molar-refractivity contribution in [1.29, 1.82) is 0 Å². The Morgan fingerprint density at radius 3 is 2.44 bits per heavy atom. The number of amides is 1. The molecule has 0 aliphatic carbocycles. The Labute approximate surface area is 162 Å². The predicted octanol–water partition coefficient (Wildman–Crippen LogP) is 4.91. The van der Waals surface area contributed by atoms with Crippen LogP contribution < -0.4 is 5.32 Å². The summed E-state index contributed by atoms with van der Waals surface area (Å²) in [6.07, 6.45) is -0.149. The summed E-state index contributed by atoms with van der Waals surface area (Å²) in [6.45, 7) is 1.98. The molecule has 3 rings (SSSR count). The molecule has 1 aromatic heterocycles. The van der Waals surface area contributed by atoms with Crippen molar-refractivity contribution in [3.63, 3.8) is 0 Å². The molecule has 0 aliphatic heterocycles. The summed E-state index contributed by atoms with van der Waals surface area (Å²) < 4.78 is 5.55. The molecule has 0 spiro atoms. The molecule has 1 amide bonds. The van der Waals surface area contributed by atoms with Crippen molar-refractivity contribution < 1.29 is 14.3 Å². The normalized spacial score (nSPS) is 11.6. The van der Waals surface area contributed by atoms with Crippen LogP contribution in [0.4, 0.5) is 5.69 Å².